The van der Waals surface area contributed by atoms with Crippen molar-refractivity contribution in [2.45, 2.75) is 33.2 Å². The molecule has 3 aromatic rings. The van der Waals surface area contributed by atoms with Gasteiger partial charge in [-0.2, -0.15) is 0 Å². The lowest BCUT2D eigenvalue weighted by molar-refractivity contribution is -0.274. The molecule has 0 unspecified atom stereocenters. The molecule has 1 atom stereocenters. The van der Waals surface area contributed by atoms with Crippen LogP contribution in [0.1, 0.15) is 24.1 Å². The molecule has 3 rings (SSSR count). The Hall–Kier alpha value is -2.74. The fraction of sp³-hybridized carbons (Fsp3) is 0.381. The number of methoxy groups -OCH3 is 2. The Morgan fingerprint density at radius 3 is 2.45 bits per heavy atom. The molecule has 0 spiro atoms. The fourth-order valence-electron chi connectivity index (χ4n) is 3.45. The summed E-state index contributed by atoms with van der Waals surface area (Å²) in [4.78, 5) is 4.82. The van der Waals surface area contributed by atoms with Crippen LogP contribution in [0.5, 0.6) is 11.5 Å². The summed E-state index contributed by atoms with van der Waals surface area (Å²) in [6, 6.07) is 6.16. The van der Waals surface area contributed by atoms with Gasteiger partial charge in [0.05, 0.1) is 36.5 Å². The second kappa shape index (κ2) is 7.94. The van der Waals surface area contributed by atoms with Gasteiger partial charge in [-0.25, -0.2) is 4.98 Å². The zero-order valence-corrected chi connectivity index (χ0v) is 16.9. The van der Waals surface area contributed by atoms with Crippen molar-refractivity contribution in [3.05, 3.63) is 41.6 Å². The summed E-state index contributed by atoms with van der Waals surface area (Å²) in [5.74, 6) is -0.0842. The van der Waals surface area contributed by atoms with Gasteiger partial charge in [0.25, 0.3) is 0 Å². The van der Waals surface area contributed by atoms with Crippen LogP contribution in [0.15, 0.2) is 30.5 Å². The Morgan fingerprint density at radius 2 is 1.83 bits per heavy atom. The first-order chi connectivity index (χ1) is 13.6. The molecule has 0 fully saturated rings. The Kier molecular flexibility index (Phi) is 5.75. The third-order valence-corrected chi connectivity index (χ3v) is 4.72. The van der Waals surface area contributed by atoms with Gasteiger partial charge in [-0.05, 0) is 50.1 Å². The highest BCUT2D eigenvalue weighted by Crippen LogP contribution is 2.37. The molecule has 0 aliphatic carbocycles. The maximum absolute atomic E-state index is 12.5. The van der Waals surface area contributed by atoms with E-state index in [-0.39, 0.29) is 17.5 Å². The smallest absolute Gasteiger partial charge is 0.496 e. The molecule has 0 saturated heterocycles. The molecule has 0 radical (unpaired) electrons. The van der Waals surface area contributed by atoms with E-state index in [0.29, 0.717) is 17.9 Å². The highest BCUT2D eigenvalue weighted by atomic mass is 19.4. The molecule has 2 heterocycles. The summed E-state index contributed by atoms with van der Waals surface area (Å²) in [6.07, 6.45) is -2.74. The number of fused-ring (bicyclic) bond motifs is 1. The highest BCUT2D eigenvalue weighted by Gasteiger charge is 2.31. The predicted octanol–water partition coefficient (Wildman–Crippen LogP) is 5.43. The van der Waals surface area contributed by atoms with Gasteiger partial charge in [0.15, 0.2) is 0 Å². The van der Waals surface area contributed by atoms with Crippen molar-refractivity contribution in [2.24, 2.45) is 0 Å². The quantitative estimate of drug-likeness (QED) is 0.545. The van der Waals surface area contributed by atoms with Crippen molar-refractivity contribution in [3.8, 4) is 22.8 Å². The summed E-state index contributed by atoms with van der Waals surface area (Å²) in [5.41, 5.74) is 4.92. The maximum atomic E-state index is 12.5. The lowest BCUT2D eigenvalue weighted by Crippen LogP contribution is -2.17. The van der Waals surface area contributed by atoms with Crippen molar-refractivity contribution in [3.63, 3.8) is 0 Å². The van der Waals surface area contributed by atoms with Crippen LogP contribution in [0, 0.1) is 13.8 Å². The van der Waals surface area contributed by atoms with E-state index in [2.05, 4.69) is 16.2 Å². The van der Waals surface area contributed by atoms with Gasteiger partial charge >= 0.3 is 6.36 Å². The molecule has 5 nitrogen and oxygen atoms in total. The minimum absolute atomic E-state index is 0.136. The summed E-state index contributed by atoms with van der Waals surface area (Å²) in [5, 5.41) is 0. The van der Waals surface area contributed by atoms with Crippen LogP contribution in [0.4, 0.5) is 13.2 Å². The van der Waals surface area contributed by atoms with Crippen LogP contribution in [0.2, 0.25) is 0 Å². The number of aromatic nitrogens is 2. The van der Waals surface area contributed by atoms with Crippen molar-refractivity contribution in [2.75, 3.05) is 20.8 Å². The highest BCUT2D eigenvalue weighted by molar-refractivity contribution is 5.85. The summed E-state index contributed by atoms with van der Waals surface area (Å²) in [7, 11) is 3.06. The molecule has 0 aliphatic heterocycles. The molecule has 1 aromatic carbocycles. The summed E-state index contributed by atoms with van der Waals surface area (Å²) >= 11 is 0. The lowest BCUT2D eigenvalue weighted by atomic mass is 10.0. The average molecular weight is 408 g/mol. The van der Waals surface area contributed by atoms with Gasteiger partial charge in [0.2, 0.25) is 0 Å². The molecular formula is C21H23F3N2O3. The van der Waals surface area contributed by atoms with E-state index in [4.69, 9.17) is 14.5 Å². The number of aryl methyl sites for hydroxylation is 2. The number of ether oxygens (including phenoxy) is 3. The molecule has 8 heteroatoms. The Bertz CT molecular complexity index is 1030. The fourth-order valence-corrected chi connectivity index (χ4v) is 3.45. The third-order valence-electron chi connectivity index (χ3n) is 4.72. The van der Waals surface area contributed by atoms with E-state index in [9.17, 15) is 13.2 Å². The molecule has 0 saturated carbocycles. The Morgan fingerprint density at radius 1 is 1.10 bits per heavy atom. The maximum Gasteiger partial charge on any atom is 0.573 e. The molecule has 0 aliphatic rings. The summed E-state index contributed by atoms with van der Waals surface area (Å²) in [6.45, 7) is 6.52. The van der Waals surface area contributed by atoms with Crippen LogP contribution >= 0.6 is 0 Å². The molecule has 29 heavy (non-hydrogen) atoms. The molecule has 0 bridgehead atoms. The lowest BCUT2D eigenvalue weighted by Gasteiger charge is -2.16. The van der Waals surface area contributed by atoms with Gasteiger partial charge in [-0.1, -0.05) is 0 Å². The van der Waals surface area contributed by atoms with Crippen molar-refractivity contribution in [1.29, 1.82) is 0 Å². The van der Waals surface area contributed by atoms with Gasteiger partial charge in [0, 0.05) is 24.9 Å². The topological polar surface area (TPSA) is 45.5 Å². The number of nitrogens with zero attached hydrogens (tertiary/aromatic N) is 2. The number of halogens is 3. The first-order valence-electron chi connectivity index (χ1n) is 9.06. The van der Waals surface area contributed by atoms with Crippen LogP contribution < -0.4 is 9.47 Å². The van der Waals surface area contributed by atoms with Crippen LogP contribution in [0.25, 0.3) is 22.3 Å². The Labute approximate surface area is 167 Å². The largest absolute Gasteiger partial charge is 0.573 e. The number of pyridine rings is 1. The zero-order valence-electron chi connectivity index (χ0n) is 16.9. The van der Waals surface area contributed by atoms with Crippen molar-refractivity contribution in [1.82, 2.24) is 9.55 Å². The van der Waals surface area contributed by atoms with Gasteiger partial charge in [-0.3, -0.25) is 0 Å². The number of rotatable bonds is 6. The van der Waals surface area contributed by atoms with Crippen LogP contribution in [-0.4, -0.2) is 36.7 Å². The minimum atomic E-state index is -4.77. The SMILES string of the molecule is COC[C@H](C)n1cc(C)c2nc(-c3ccc(OC(F)(F)F)cc3OC)c(C)cc21. The number of alkyl halides is 3. The van der Waals surface area contributed by atoms with E-state index < -0.39 is 6.36 Å². The average Bonchev–Trinajstić information content (AvgIpc) is 2.96. The van der Waals surface area contributed by atoms with E-state index in [1.54, 1.807) is 7.11 Å². The number of hydrogen-bond acceptors (Lipinski definition) is 4. The molecule has 156 valence electrons. The van der Waals surface area contributed by atoms with E-state index in [0.717, 1.165) is 22.2 Å². The monoisotopic (exact) mass is 408 g/mol. The molecule has 0 N–H and O–H groups in total. The third kappa shape index (κ3) is 4.32. The van der Waals surface area contributed by atoms with E-state index in [1.165, 1.54) is 25.3 Å². The second-order valence-corrected chi connectivity index (χ2v) is 6.96. The van der Waals surface area contributed by atoms with Crippen LogP contribution in [-0.2, 0) is 4.74 Å². The first-order valence-corrected chi connectivity index (χ1v) is 9.06. The Balaban J connectivity index is 2.10. The normalized spacial score (nSPS) is 13.0. The van der Waals surface area contributed by atoms with Crippen molar-refractivity contribution < 1.29 is 27.4 Å². The van der Waals surface area contributed by atoms with E-state index in [1.807, 2.05) is 26.1 Å². The minimum Gasteiger partial charge on any atom is -0.496 e. The van der Waals surface area contributed by atoms with Crippen molar-refractivity contribution >= 4 is 11.0 Å². The van der Waals surface area contributed by atoms with Gasteiger partial charge in [-0.15, -0.1) is 13.2 Å². The van der Waals surface area contributed by atoms with Gasteiger partial charge < -0.3 is 18.8 Å². The zero-order chi connectivity index (χ0) is 21.3. The molecule has 0 amide bonds. The predicted molar refractivity (Wildman–Crippen MR) is 104 cm³/mol. The summed E-state index contributed by atoms with van der Waals surface area (Å²) < 4.78 is 54.3. The number of hydrogen-bond donors (Lipinski definition) is 0. The number of benzene rings is 1. The second-order valence-electron chi connectivity index (χ2n) is 6.96. The first kappa shape index (κ1) is 21.0. The van der Waals surface area contributed by atoms with Gasteiger partial charge in [0.1, 0.15) is 11.5 Å². The molecular weight excluding hydrogens is 385 g/mol. The van der Waals surface area contributed by atoms with Crippen LogP contribution in [0.3, 0.4) is 0 Å². The van der Waals surface area contributed by atoms with E-state index >= 15 is 0 Å². The standard InChI is InChI=1S/C21H23F3N2O3/c1-12-8-17-20(13(2)10-26(17)14(3)11-27-4)25-19(12)16-7-6-15(9-18(16)28-5)29-21(22,23)24/h6-10,14H,11H2,1-5H3/t14-/m0/s1. The molecule has 2 aromatic heterocycles.